The summed E-state index contributed by atoms with van der Waals surface area (Å²) in [5.74, 6) is -1.78. The van der Waals surface area contributed by atoms with Gasteiger partial charge < -0.3 is 41.2 Å². The molecule has 314 valence electrons. The molecule has 2 atom stereocenters. The fraction of sp³-hybridized carbons (Fsp3) is 0.675. The number of benzene rings is 1. The second kappa shape index (κ2) is 21.5. The van der Waals surface area contributed by atoms with Crippen LogP contribution in [0.25, 0.3) is 0 Å². The average Bonchev–Trinajstić information content (AvgIpc) is 3.42. The second-order valence-corrected chi connectivity index (χ2v) is 17.8. The van der Waals surface area contributed by atoms with Gasteiger partial charge in [0.15, 0.2) is 0 Å². The lowest BCUT2D eigenvalue weighted by Gasteiger charge is -2.25. The lowest BCUT2D eigenvalue weighted by molar-refractivity contribution is -0.154. The number of primary amides is 1. The van der Waals surface area contributed by atoms with Crippen molar-refractivity contribution in [1.82, 2.24) is 30.9 Å². The molecule has 0 saturated carbocycles. The molecule has 6 N–H and O–H groups in total. The normalized spacial score (nSPS) is 13.1. The smallest absolute Gasteiger partial charge is 0.407 e. The highest BCUT2D eigenvalue weighted by Crippen LogP contribution is 2.26. The van der Waals surface area contributed by atoms with Gasteiger partial charge in [-0.05, 0) is 80.9 Å². The van der Waals surface area contributed by atoms with Crippen LogP contribution in [0.4, 0.5) is 15.3 Å². The zero-order valence-electron chi connectivity index (χ0n) is 35.3. The maximum Gasteiger partial charge on any atom is 0.407 e. The monoisotopic (exact) mass is 787 g/mol. The van der Waals surface area contributed by atoms with Crippen LogP contribution < -0.4 is 27.0 Å². The van der Waals surface area contributed by atoms with Crippen molar-refractivity contribution < 1.29 is 38.2 Å². The molecule has 1 heterocycles. The van der Waals surface area contributed by atoms with E-state index in [4.69, 9.17) is 30.1 Å². The largest absolute Gasteiger partial charge is 0.460 e. The molecule has 0 fully saturated rings. The quantitative estimate of drug-likeness (QED) is 0.0905. The first kappa shape index (κ1) is 47.4. The topological polar surface area (TPSA) is 218 Å². The van der Waals surface area contributed by atoms with Gasteiger partial charge >= 0.3 is 18.1 Å². The molecule has 2 aromatic rings. The molecule has 0 aliphatic heterocycles. The Labute approximate surface area is 332 Å². The molecule has 2 rings (SSSR count). The van der Waals surface area contributed by atoms with Crippen LogP contribution in [0, 0.1) is 22.2 Å². The number of esters is 1. The Balaban J connectivity index is 1.94. The Morgan fingerprint density at radius 3 is 1.89 bits per heavy atom. The highest BCUT2D eigenvalue weighted by Gasteiger charge is 2.30. The molecular formula is C40H66N8O8. The number of rotatable bonds is 20. The number of nitrogens with two attached hydrogens (primary N) is 1. The predicted octanol–water partition coefficient (Wildman–Crippen LogP) is 4.88. The summed E-state index contributed by atoms with van der Waals surface area (Å²) in [5, 5.41) is 20.0. The number of hydrogen-bond donors (Lipinski definition) is 5. The molecule has 16 nitrogen and oxygen atoms in total. The molecule has 0 aliphatic rings. The molecular weight excluding hydrogens is 720 g/mol. The van der Waals surface area contributed by atoms with E-state index < -0.39 is 41.4 Å². The van der Waals surface area contributed by atoms with Gasteiger partial charge in [0.05, 0.1) is 36.6 Å². The van der Waals surface area contributed by atoms with Crippen LogP contribution in [0.5, 0.6) is 0 Å². The van der Waals surface area contributed by atoms with Crippen molar-refractivity contribution in [2.75, 3.05) is 31.7 Å². The fourth-order valence-electron chi connectivity index (χ4n) is 5.27. The molecule has 0 saturated heterocycles. The number of anilines is 1. The van der Waals surface area contributed by atoms with E-state index in [2.05, 4.69) is 62.8 Å². The molecule has 0 aliphatic carbocycles. The van der Waals surface area contributed by atoms with Crippen LogP contribution in [-0.4, -0.2) is 83.4 Å². The lowest BCUT2D eigenvalue weighted by Crippen LogP contribution is -2.54. The fourth-order valence-corrected chi connectivity index (χ4v) is 5.27. The van der Waals surface area contributed by atoms with Crippen LogP contribution in [-0.2, 0) is 54.6 Å². The second-order valence-electron chi connectivity index (χ2n) is 17.8. The van der Waals surface area contributed by atoms with Crippen LogP contribution >= 0.6 is 0 Å². The Hall–Kier alpha value is -4.73. The van der Waals surface area contributed by atoms with E-state index in [0.29, 0.717) is 25.3 Å². The Morgan fingerprint density at radius 1 is 0.786 bits per heavy atom. The van der Waals surface area contributed by atoms with Crippen molar-refractivity contribution in [3.63, 3.8) is 0 Å². The minimum absolute atomic E-state index is 0.0505. The van der Waals surface area contributed by atoms with Crippen LogP contribution in [0.2, 0.25) is 0 Å². The third-order valence-corrected chi connectivity index (χ3v) is 8.13. The van der Waals surface area contributed by atoms with Gasteiger partial charge in [-0.15, -0.1) is 0 Å². The number of hydrogen-bond acceptors (Lipinski definition) is 10. The minimum atomic E-state index is -1.02. The summed E-state index contributed by atoms with van der Waals surface area (Å²) in [6.45, 7) is 23.0. The van der Waals surface area contributed by atoms with Gasteiger partial charge in [0.25, 0.3) is 0 Å². The zero-order valence-corrected chi connectivity index (χ0v) is 35.3. The third kappa shape index (κ3) is 18.7. The third-order valence-electron chi connectivity index (χ3n) is 8.13. The molecule has 0 radical (unpaired) electrons. The number of carbonyl (C=O) groups is 5. The number of carbonyl (C=O) groups excluding carboxylic acids is 5. The van der Waals surface area contributed by atoms with E-state index in [1.54, 1.807) is 63.7 Å². The molecule has 16 heteroatoms. The number of urea groups is 1. The summed E-state index contributed by atoms with van der Waals surface area (Å²) < 4.78 is 16.3. The number of ether oxygens (including phenoxy) is 3. The van der Waals surface area contributed by atoms with Crippen molar-refractivity contribution in [2.45, 2.75) is 127 Å². The Kier molecular flexibility index (Phi) is 18.2. The molecule has 1 aromatic carbocycles. The summed E-state index contributed by atoms with van der Waals surface area (Å²) in [5.41, 5.74) is 7.85. The van der Waals surface area contributed by atoms with Gasteiger partial charge in [-0.3, -0.25) is 14.4 Å². The van der Waals surface area contributed by atoms with Crippen molar-refractivity contribution in [1.29, 1.82) is 0 Å². The number of amides is 5. The molecule has 0 unspecified atom stereocenters. The van der Waals surface area contributed by atoms with Gasteiger partial charge in [0, 0.05) is 12.2 Å². The van der Waals surface area contributed by atoms with Crippen molar-refractivity contribution in [2.24, 2.45) is 27.9 Å². The molecule has 5 amide bonds. The maximum absolute atomic E-state index is 13.5. The number of nitrogens with zero attached hydrogens (tertiary/aromatic N) is 3. The van der Waals surface area contributed by atoms with Crippen molar-refractivity contribution in [3.05, 3.63) is 41.2 Å². The first-order chi connectivity index (χ1) is 25.9. The summed E-state index contributed by atoms with van der Waals surface area (Å²) >= 11 is 0. The number of nitrogens with one attached hydrogen (secondary N) is 4. The van der Waals surface area contributed by atoms with E-state index in [-0.39, 0.29) is 55.5 Å². The van der Waals surface area contributed by atoms with Gasteiger partial charge in [-0.25, -0.2) is 9.59 Å². The van der Waals surface area contributed by atoms with E-state index in [9.17, 15) is 24.0 Å². The highest BCUT2D eigenvalue weighted by molar-refractivity contribution is 5.98. The van der Waals surface area contributed by atoms with Gasteiger partial charge in [0.2, 0.25) is 11.8 Å². The summed E-state index contributed by atoms with van der Waals surface area (Å²) in [6.07, 6.45) is 1.31. The SMILES string of the molecule is CC(C)[C@H](NC(=O)OCCOCCn1nc(CC(C)(C)C)c(CC(C)(C)C)n1)C(=O)N[C@@H](CCCNC(N)=O)C(=O)Nc1ccc(COC(=O)C(C)(C)C)cc1. The van der Waals surface area contributed by atoms with Crippen LogP contribution in [0.3, 0.4) is 0 Å². The van der Waals surface area contributed by atoms with Crippen molar-refractivity contribution in [3.8, 4) is 0 Å². The molecule has 0 spiro atoms. The molecule has 56 heavy (non-hydrogen) atoms. The first-order valence-electron chi connectivity index (χ1n) is 19.3. The zero-order chi connectivity index (χ0) is 42.3. The summed E-state index contributed by atoms with van der Waals surface area (Å²) in [7, 11) is 0. The standard InChI is InChI=1S/C40H66N8O8/c1-26(2)32(45-37(53)55-22-21-54-20-19-48-46-30(23-38(3,4)5)31(47-48)24-39(6,7)8)34(50)44-29(13-12-18-42-36(41)52)33(49)43-28-16-14-27(15-17-28)25-56-35(51)40(9,10)11/h14-17,26,29,32H,12-13,18-25H2,1-11H3,(H,43,49)(H,44,50)(H,45,53)(H3,41,42,52)/t29-,32-/m0/s1. The number of aromatic nitrogens is 3. The Bertz CT molecular complexity index is 1550. The van der Waals surface area contributed by atoms with Gasteiger partial charge in [0.1, 0.15) is 25.3 Å². The van der Waals surface area contributed by atoms with Crippen molar-refractivity contribution >= 4 is 35.6 Å². The average molecular weight is 787 g/mol. The van der Waals surface area contributed by atoms with Gasteiger partial charge in [-0.1, -0.05) is 67.5 Å². The predicted molar refractivity (Wildman–Crippen MR) is 213 cm³/mol. The van der Waals surface area contributed by atoms with Crippen LogP contribution in [0.15, 0.2) is 24.3 Å². The molecule has 1 aromatic heterocycles. The minimum Gasteiger partial charge on any atom is -0.460 e. The summed E-state index contributed by atoms with van der Waals surface area (Å²) in [6, 6.07) is 4.01. The Morgan fingerprint density at radius 2 is 1.38 bits per heavy atom. The maximum atomic E-state index is 13.5. The van der Waals surface area contributed by atoms with Crippen LogP contribution in [0.1, 0.15) is 106 Å². The van der Waals surface area contributed by atoms with Gasteiger partial charge in [-0.2, -0.15) is 15.0 Å². The van der Waals surface area contributed by atoms with E-state index in [1.165, 1.54) is 0 Å². The van der Waals surface area contributed by atoms with E-state index in [1.807, 2.05) is 0 Å². The van der Waals surface area contributed by atoms with E-state index >= 15 is 0 Å². The molecule has 0 bridgehead atoms. The lowest BCUT2D eigenvalue weighted by atomic mass is 9.86. The highest BCUT2D eigenvalue weighted by atomic mass is 16.6. The summed E-state index contributed by atoms with van der Waals surface area (Å²) in [4.78, 5) is 64.5. The number of alkyl carbamates (subject to hydrolysis) is 1. The first-order valence-corrected chi connectivity index (χ1v) is 19.3. The van der Waals surface area contributed by atoms with E-state index in [0.717, 1.165) is 29.8 Å².